The summed E-state index contributed by atoms with van der Waals surface area (Å²) in [4.78, 5) is 8.71. The van der Waals surface area contributed by atoms with E-state index >= 15 is 0 Å². The van der Waals surface area contributed by atoms with E-state index in [0.29, 0.717) is 6.54 Å². The minimum atomic E-state index is -0.293. The number of nitrogens with two attached hydrogens (primary N) is 1. The molecule has 2 aromatic rings. The summed E-state index contributed by atoms with van der Waals surface area (Å²) in [5.74, 6) is 0. The van der Waals surface area contributed by atoms with Crippen molar-refractivity contribution in [1.82, 2.24) is 9.88 Å². The lowest BCUT2D eigenvalue weighted by atomic mass is 10.1. The molecule has 3 rings (SSSR count). The van der Waals surface area contributed by atoms with Gasteiger partial charge in [0.25, 0.3) is 0 Å². The van der Waals surface area contributed by atoms with Crippen LogP contribution in [0.3, 0.4) is 0 Å². The predicted octanol–water partition coefficient (Wildman–Crippen LogP) is 1.32. The average Bonchev–Trinajstić information content (AvgIpc) is 2.79. The molecule has 1 fully saturated rings. The maximum Gasteiger partial charge on any atom is 0.0735 e. The van der Waals surface area contributed by atoms with Crippen molar-refractivity contribution in [3.8, 4) is 0 Å². The summed E-state index contributed by atoms with van der Waals surface area (Å²) >= 11 is 0. The Labute approximate surface area is 125 Å². The van der Waals surface area contributed by atoms with Gasteiger partial charge in [-0.05, 0) is 44.8 Å². The summed E-state index contributed by atoms with van der Waals surface area (Å²) in [6.07, 6.45) is 2.26. The smallest absolute Gasteiger partial charge is 0.0735 e. The van der Waals surface area contributed by atoms with Gasteiger partial charge in [0.2, 0.25) is 0 Å². The third-order valence-corrected chi connectivity index (χ3v) is 4.08. The number of nitrogens with zero attached hydrogens (tertiary/aromatic N) is 3. The van der Waals surface area contributed by atoms with Crippen LogP contribution in [0.5, 0.6) is 0 Å². The van der Waals surface area contributed by atoms with Gasteiger partial charge in [0.15, 0.2) is 0 Å². The van der Waals surface area contributed by atoms with E-state index in [0.717, 1.165) is 35.2 Å². The molecule has 1 aromatic heterocycles. The van der Waals surface area contributed by atoms with Crippen LogP contribution in [0.2, 0.25) is 0 Å². The number of nitrogen functional groups attached to an aromatic ring is 1. The Balaban J connectivity index is 2.00. The van der Waals surface area contributed by atoms with E-state index < -0.39 is 0 Å². The molecule has 3 N–H and O–H groups in total. The van der Waals surface area contributed by atoms with E-state index in [-0.39, 0.29) is 12.1 Å². The normalized spacial score (nSPS) is 22.4. The molecule has 112 valence electrons. The minimum Gasteiger partial charge on any atom is -0.396 e. The zero-order valence-corrected chi connectivity index (χ0v) is 12.5. The highest BCUT2D eigenvalue weighted by molar-refractivity contribution is 5.97. The molecule has 5 nitrogen and oxygen atoms in total. The molecule has 0 saturated carbocycles. The highest BCUT2D eigenvalue weighted by Crippen LogP contribution is 2.35. The maximum absolute atomic E-state index is 10.0. The number of rotatable bonds is 3. The Morgan fingerprint density at radius 3 is 2.95 bits per heavy atom. The van der Waals surface area contributed by atoms with Crippen LogP contribution in [-0.2, 0) is 0 Å². The van der Waals surface area contributed by atoms with Crippen LogP contribution in [0.4, 0.5) is 11.4 Å². The molecule has 2 heterocycles. The van der Waals surface area contributed by atoms with Crippen LogP contribution < -0.4 is 10.6 Å². The van der Waals surface area contributed by atoms with Gasteiger partial charge >= 0.3 is 0 Å². The van der Waals surface area contributed by atoms with E-state index in [1.807, 2.05) is 24.3 Å². The number of likely N-dealkylation sites (N-methyl/N-ethyl adjacent to an activating group) is 1. The fourth-order valence-electron chi connectivity index (χ4n) is 3.20. The van der Waals surface area contributed by atoms with Gasteiger partial charge in [-0.25, -0.2) is 0 Å². The van der Waals surface area contributed by atoms with Crippen molar-refractivity contribution in [3.05, 3.63) is 30.5 Å². The second kappa shape index (κ2) is 5.50. The number of benzene rings is 1. The highest BCUT2D eigenvalue weighted by atomic mass is 16.3. The average molecular weight is 286 g/mol. The lowest BCUT2D eigenvalue weighted by Gasteiger charge is -2.30. The lowest BCUT2D eigenvalue weighted by Crippen LogP contribution is -2.38. The number of aliphatic hydroxyl groups excluding tert-OH is 1. The van der Waals surface area contributed by atoms with Crippen LogP contribution in [-0.4, -0.2) is 54.3 Å². The van der Waals surface area contributed by atoms with Gasteiger partial charge in [0.1, 0.15) is 0 Å². The Morgan fingerprint density at radius 1 is 1.38 bits per heavy atom. The van der Waals surface area contributed by atoms with Crippen molar-refractivity contribution in [1.29, 1.82) is 0 Å². The van der Waals surface area contributed by atoms with Gasteiger partial charge in [-0.15, -0.1) is 0 Å². The van der Waals surface area contributed by atoms with E-state index in [9.17, 15) is 5.11 Å². The number of pyridine rings is 1. The van der Waals surface area contributed by atoms with Crippen LogP contribution in [0.25, 0.3) is 10.9 Å². The minimum absolute atomic E-state index is 0.284. The molecule has 5 heteroatoms. The van der Waals surface area contributed by atoms with Crippen molar-refractivity contribution < 1.29 is 5.11 Å². The largest absolute Gasteiger partial charge is 0.396 e. The van der Waals surface area contributed by atoms with E-state index in [1.165, 1.54) is 0 Å². The molecule has 1 saturated heterocycles. The Kier molecular flexibility index (Phi) is 3.69. The maximum atomic E-state index is 10.0. The Hall–Kier alpha value is -1.85. The van der Waals surface area contributed by atoms with Crippen LogP contribution >= 0.6 is 0 Å². The third kappa shape index (κ3) is 2.66. The standard InChI is InChI=1S/C16H22N4O/c1-19(2)9-11-8-12(21)10-20(11)15-6-5-14-13(16(15)17)4-3-7-18-14/h3-7,11-12,21H,8-10,17H2,1-2H3. The molecule has 0 bridgehead atoms. The van der Waals surface area contributed by atoms with Crippen molar-refractivity contribution in [2.24, 2.45) is 0 Å². The van der Waals surface area contributed by atoms with Gasteiger partial charge < -0.3 is 20.6 Å². The first-order valence-electron chi connectivity index (χ1n) is 7.29. The molecule has 1 aromatic carbocycles. The van der Waals surface area contributed by atoms with E-state index in [4.69, 9.17) is 5.73 Å². The van der Waals surface area contributed by atoms with Gasteiger partial charge in [0.05, 0.1) is 23.0 Å². The molecule has 1 aliphatic heterocycles. The molecule has 21 heavy (non-hydrogen) atoms. The van der Waals surface area contributed by atoms with Gasteiger partial charge in [-0.2, -0.15) is 0 Å². The van der Waals surface area contributed by atoms with E-state index in [2.05, 4.69) is 28.9 Å². The Morgan fingerprint density at radius 2 is 2.19 bits per heavy atom. The number of hydrogen-bond donors (Lipinski definition) is 2. The topological polar surface area (TPSA) is 65.6 Å². The number of anilines is 2. The summed E-state index contributed by atoms with van der Waals surface area (Å²) in [5, 5.41) is 11.0. The molecule has 1 aliphatic rings. The van der Waals surface area contributed by atoms with Crippen molar-refractivity contribution in [2.75, 3.05) is 37.8 Å². The highest BCUT2D eigenvalue weighted by Gasteiger charge is 2.32. The van der Waals surface area contributed by atoms with Gasteiger partial charge in [-0.3, -0.25) is 4.98 Å². The van der Waals surface area contributed by atoms with Crippen LogP contribution in [0, 0.1) is 0 Å². The fraction of sp³-hybridized carbons (Fsp3) is 0.438. The van der Waals surface area contributed by atoms with Crippen LogP contribution in [0.15, 0.2) is 30.5 Å². The van der Waals surface area contributed by atoms with Gasteiger partial charge in [0, 0.05) is 30.7 Å². The predicted molar refractivity (Wildman–Crippen MR) is 86.5 cm³/mol. The number of aromatic nitrogens is 1. The first kappa shape index (κ1) is 14.1. The summed E-state index contributed by atoms with van der Waals surface area (Å²) in [7, 11) is 4.10. The number of aliphatic hydroxyl groups is 1. The zero-order chi connectivity index (χ0) is 15.0. The molecule has 0 aliphatic carbocycles. The lowest BCUT2D eigenvalue weighted by molar-refractivity contribution is 0.191. The molecular weight excluding hydrogens is 264 g/mol. The van der Waals surface area contributed by atoms with Crippen LogP contribution in [0.1, 0.15) is 6.42 Å². The summed E-state index contributed by atoms with van der Waals surface area (Å²) in [6.45, 7) is 1.54. The quantitative estimate of drug-likeness (QED) is 0.833. The van der Waals surface area contributed by atoms with E-state index in [1.54, 1.807) is 6.20 Å². The second-order valence-electron chi connectivity index (χ2n) is 6.03. The Bertz CT molecular complexity index is 643. The first-order valence-corrected chi connectivity index (χ1v) is 7.29. The molecule has 2 unspecified atom stereocenters. The summed E-state index contributed by atoms with van der Waals surface area (Å²) < 4.78 is 0. The molecule has 0 spiro atoms. The van der Waals surface area contributed by atoms with Gasteiger partial charge in [-0.1, -0.05) is 0 Å². The monoisotopic (exact) mass is 286 g/mol. The van der Waals surface area contributed by atoms with Crippen molar-refractivity contribution in [3.63, 3.8) is 0 Å². The number of hydrogen-bond acceptors (Lipinski definition) is 5. The molecular formula is C16H22N4O. The van der Waals surface area contributed by atoms with Crippen molar-refractivity contribution in [2.45, 2.75) is 18.6 Å². The fourth-order valence-corrected chi connectivity index (χ4v) is 3.20. The number of β-amino-alcohol motifs (C(OH)–C–C–N with tert-alkyl or cyclic N) is 1. The van der Waals surface area contributed by atoms with Crippen molar-refractivity contribution >= 4 is 22.3 Å². The summed E-state index contributed by atoms with van der Waals surface area (Å²) in [5.41, 5.74) is 9.01. The SMILES string of the molecule is CN(C)CC1CC(O)CN1c1ccc2ncccc2c1N. The zero-order valence-electron chi connectivity index (χ0n) is 12.5. The molecule has 0 radical (unpaired) electrons. The molecule has 0 amide bonds. The third-order valence-electron chi connectivity index (χ3n) is 4.08. The second-order valence-corrected chi connectivity index (χ2v) is 6.03. The summed E-state index contributed by atoms with van der Waals surface area (Å²) in [6, 6.07) is 8.20. The number of fused-ring (bicyclic) bond motifs is 1. The molecule has 2 atom stereocenters. The first-order chi connectivity index (χ1) is 10.1.